The van der Waals surface area contributed by atoms with Gasteiger partial charge in [-0.05, 0) is 19.3 Å². The van der Waals surface area contributed by atoms with Crippen LogP contribution in [0, 0.1) is 23.7 Å². The highest BCUT2D eigenvalue weighted by Crippen LogP contribution is 2.17. The lowest BCUT2D eigenvalue weighted by Crippen LogP contribution is -2.42. The van der Waals surface area contributed by atoms with Gasteiger partial charge in [0, 0.05) is 30.6 Å². The van der Waals surface area contributed by atoms with Gasteiger partial charge in [-0.25, -0.2) is 0 Å². The van der Waals surface area contributed by atoms with E-state index in [9.17, 15) is 19.2 Å². The second-order valence-electron chi connectivity index (χ2n) is 7.36. The highest BCUT2D eigenvalue weighted by molar-refractivity contribution is 5.95. The Morgan fingerprint density at radius 2 is 1.46 bits per heavy atom. The Kier molecular flexibility index (Phi) is 9.48. The summed E-state index contributed by atoms with van der Waals surface area (Å²) in [6.07, 6.45) is 0.510. The van der Waals surface area contributed by atoms with Crippen LogP contribution in [0.2, 0.25) is 0 Å². The first-order chi connectivity index (χ1) is 11.0. The molecule has 0 aliphatic rings. The van der Waals surface area contributed by atoms with Crippen LogP contribution in [0.25, 0.3) is 0 Å². The number of carbonyl (C=O) groups is 4. The largest absolute Gasteiger partial charge is 0.370 e. The van der Waals surface area contributed by atoms with E-state index < -0.39 is 17.9 Å². The average Bonchev–Trinajstić information content (AvgIpc) is 2.43. The van der Waals surface area contributed by atoms with Gasteiger partial charge < -0.3 is 11.1 Å². The normalized spacial score (nSPS) is 15.0. The number of nitrogens with two attached hydrogens (primary N) is 1. The van der Waals surface area contributed by atoms with Crippen molar-refractivity contribution in [3.63, 3.8) is 0 Å². The van der Waals surface area contributed by atoms with Crippen molar-refractivity contribution in [1.29, 1.82) is 0 Å². The lowest BCUT2D eigenvalue weighted by Gasteiger charge is -2.21. The molecule has 0 aromatic heterocycles. The molecule has 0 aromatic rings. The molecular weight excluding hydrogens is 308 g/mol. The molecule has 0 aliphatic carbocycles. The van der Waals surface area contributed by atoms with Gasteiger partial charge in [0.2, 0.25) is 11.8 Å². The maximum Gasteiger partial charge on any atom is 0.223 e. The summed E-state index contributed by atoms with van der Waals surface area (Å²) in [7, 11) is 0. The number of nitrogens with one attached hydrogen (secondary N) is 1. The fourth-order valence-electron chi connectivity index (χ4n) is 2.66. The highest BCUT2D eigenvalue weighted by atomic mass is 16.2. The van der Waals surface area contributed by atoms with Crippen LogP contribution in [-0.2, 0) is 19.2 Å². The Labute approximate surface area is 144 Å². The Morgan fingerprint density at radius 1 is 0.917 bits per heavy atom. The zero-order chi connectivity index (χ0) is 19.0. The van der Waals surface area contributed by atoms with Gasteiger partial charge in [-0.1, -0.05) is 34.6 Å². The van der Waals surface area contributed by atoms with Gasteiger partial charge in [-0.15, -0.1) is 0 Å². The summed E-state index contributed by atoms with van der Waals surface area (Å²) in [5, 5.41) is 2.70. The summed E-state index contributed by atoms with van der Waals surface area (Å²) in [5.41, 5.74) is 5.18. The molecule has 2 amide bonds. The van der Waals surface area contributed by atoms with E-state index in [1.807, 2.05) is 20.8 Å². The van der Waals surface area contributed by atoms with Crippen LogP contribution in [0.5, 0.6) is 0 Å². The molecule has 0 saturated heterocycles. The summed E-state index contributed by atoms with van der Waals surface area (Å²) in [5.74, 6) is -2.00. The van der Waals surface area contributed by atoms with Crippen LogP contribution in [0.4, 0.5) is 0 Å². The lowest BCUT2D eigenvalue weighted by molar-refractivity contribution is -0.134. The van der Waals surface area contributed by atoms with Crippen LogP contribution >= 0.6 is 0 Å². The van der Waals surface area contributed by atoms with Crippen molar-refractivity contribution in [1.82, 2.24) is 5.32 Å². The Balaban J connectivity index is 4.77. The summed E-state index contributed by atoms with van der Waals surface area (Å²) >= 11 is 0. The first kappa shape index (κ1) is 22.3. The van der Waals surface area contributed by atoms with Crippen molar-refractivity contribution in [2.75, 3.05) is 0 Å². The molecule has 0 bridgehead atoms. The second-order valence-corrected chi connectivity index (χ2v) is 7.36. The number of Topliss-reactive ketones (excluding diaryl/α,β-unsaturated/α-hetero) is 2. The monoisotopic (exact) mass is 340 g/mol. The smallest absolute Gasteiger partial charge is 0.223 e. The number of ketones is 2. The van der Waals surface area contributed by atoms with E-state index in [4.69, 9.17) is 5.73 Å². The Hall–Kier alpha value is -1.72. The van der Waals surface area contributed by atoms with Crippen molar-refractivity contribution in [3.8, 4) is 0 Å². The standard InChI is InChI=1S/C18H32N2O4/c1-10(2)7-12(5)18(24)20-13(6)15(21)8-14(9-16(19)22)17(23)11(3)4/h10-14H,7-9H2,1-6H3,(H2,19,22)(H,20,24)/t12-,13+,14+/m1/s1. The molecule has 0 unspecified atom stereocenters. The predicted molar refractivity (Wildman–Crippen MR) is 93.0 cm³/mol. The molecule has 0 fully saturated rings. The molecule has 0 heterocycles. The van der Waals surface area contributed by atoms with Crippen molar-refractivity contribution in [2.45, 2.75) is 66.8 Å². The third-order valence-corrected chi connectivity index (χ3v) is 3.98. The zero-order valence-electron chi connectivity index (χ0n) is 15.7. The first-order valence-electron chi connectivity index (χ1n) is 8.60. The van der Waals surface area contributed by atoms with Crippen LogP contribution in [-0.4, -0.2) is 29.4 Å². The minimum atomic E-state index is -0.720. The first-order valence-corrected chi connectivity index (χ1v) is 8.60. The van der Waals surface area contributed by atoms with Crippen LogP contribution in [0.3, 0.4) is 0 Å². The number of amides is 2. The molecule has 3 N–H and O–H groups in total. The van der Waals surface area contributed by atoms with Gasteiger partial charge in [-0.2, -0.15) is 0 Å². The SMILES string of the molecule is CC(C)C[C@@H](C)C(=O)N[C@@H](C)C(=O)C[C@@H](CC(N)=O)C(=O)C(C)C. The molecule has 3 atom stereocenters. The number of carbonyl (C=O) groups excluding carboxylic acids is 4. The minimum Gasteiger partial charge on any atom is -0.370 e. The van der Waals surface area contributed by atoms with Crippen molar-refractivity contribution in [3.05, 3.63) is 0 Å². The number of hydrogen-bond acceptors (Lipinski definition) is 4. The molecule has 0 aromatic carbocycles. The van der Waals surface area contributed by atoms with Crippen LogP contribution in [0.1, 0.15) is 60.8 Å². The summed E-state index contributed by atoms with van der Waals surface area (Å²) in [4.78, 5) is 47.7. The van der Waals surface area contributed by atoms with E-state index in [1.165, 1.54) is 0 Å². The summed E-state index contributed by atoms with van der Waals surface area (Å²) in [6, 6.07) is -0.692. The number of rotatable bonds is 11. The highest BCUT2D eigenvalue weighted by Gasteiger charge is 2.28. The molecule has 6 nitrogen and oxygen atoms in total. The van der Waals surface area contributed by atoms with Crippen molar-refractivity contribution < 1.29 is 19.2 Å². The van der Waals surface area contributed by atoms with Gasteiger partial charge in [0.25, 0.3) is 0 Å². The van der Waals surface area contributed by atoms with E-state index in [2.05, 4.69) is 5.32 Å². The van der Waals surface area contributed by atoms with E-state index >= 15 is 0 Å². The fraction of sp³-hybridized carbons (Fsp3) is 0.778. The minimum absolute atomic E-state index is 0.0834. The van der Waals surface area contributed by atoms with Gasteiger partial charge in [0.1, 0.15) is 5.78 Å². The Bertz CT molecular complexity index is 472. The summed E-state index contributed by atoms with van der Waals surface area (Å²) < 4.78 is 0. The maximum absolute atomic E-state index is 12.3. The molecular formula is C18H32N2O4. The summed E-state index contributed by atoms with van der Waals surface area (Å²) in [6.45, 7) is 10.9. The van der Waals surface area contributed by atoms with Crippen LogP contribution < -0.4 is 11.1 Å². The molecule has 0 saturated carbocycles. The Morgan fingerprint density at radius 3 is 1.88 bits per heavy atom. The number of hydrogen-bond donors (Lipinski definition) is 2. The van der Waals surface area contributed by atoms with E-state index in [-0.39, 0.29) is 42.2 Å². The van der Waals surface area contributed by atoms with Crippen molar-refractivity contribution in [2.24, 2.45) is 29.4 Å². The molecule has 0 rings (SSSR count). The van der Waals surface area contributed by atoms with Crippen molar-refractivity contribution >= 4 is 23.4 Å². The quantitative estimate of drug-likeness (QED) is 0.598. The molecule has 6 heteroatoms. The predicted octanol–water partition coefficient (Wildman–Crippen LogP) is 1.85. The number of primary amides is 1. The van der Waals surface area contributed by atoms with Gasteiger partial charge in [0.05, 0.1) is 6.04 Å². The van der Waals surface area contributed by atoms with Gasteiger partial charge in [0.15, 0.2) is 5.78 Å². The lowest BCUT2D eigenvalue weighted by atomic mass is 9.87. The van der Waals surface area contributed by atoms with Gasteiger partial charge in [-0.3, -0.25) is 19.2 Å². The zero-order valence-corrected chi connectivity index (χ0v) is 15.7. The van der Waals surface area contributed by atoms with E-state index in [1.54, 1.807) is 20.8 Å². The average molecular weight is 340 g/mol. The topological polar surface area (TPSA) is 106 Å². The maximum atomic E-state index is 12.3. The third kappa shape index (κ3) is 8.22. The molecule has 138 valence electrons. The molecule has 0 radical (unpaired) electrons. The van der Waals surface area contributed by atoms with E-state index in [0.717, 1.165) is 6.42 Å². The molecule has 24 heavy (non-hydrogen) atoms. The second kappa shape index (κ2) is 10.2. The fourth-order valence-corrected chi connectivity index (χ4v) is 2.66. The van der Waals surface area contributed by atoms with Crippen LogP contribution in [0.15, 0.2) is 0 Å². The third-order valence-electron chi connectivity index (χ3n) is 3.98. The molecule has 0 spiro atoms. The van der Waals surface area contributed by atoms with E-state index in [0.29, 0.717) is 5.92 Å². The van der Waals surface area contributed by atoms with Gasteiger partial charge >= 0.3 is 0 Å². The molecule has 0 aliphatic heterocycles.